The summed E-state index contributed by atoms with van der Waals surface area (Å²) in [5.74, 6) is -2.42. The summed E-state index contributed by atoms with van der Waals surface area (Å²) in [6.45, 7) is 5.45. The van der Waals surface area contributed by atoms with Crippen molar-refractivity contribution < 1.29 is 23.2 Å². The molecule has 1 heterocycles. The van der Waals surface area contributed by atoms with Crippen LogP contribution in [0.1, 0.15) is 38.4 Å². The van der Waals surface area contributed by atoms with Crippen LogP contribution in [0.25, 0.3) is 11.3 Å². The van der Waals surface area contributed by atoms with Gasteiger partial charge in [-0.15, -0.1) is 0 Å². The summed E-state index contributed by atoms with van der Waals surface area (Å²) in [6, 6.07) is 1.86. The number of likely N-dealkylation sites (N-methyl/N-ethyl adjacent to an activating group) is 1. The fourth-order valence-electron chi connectivity index (χ4n) is 3.52. The second-order valence-corrected chi connectivity index (χ2v) is 8.39. The highest BCUT2D eigenvalue weighted by molar-refractivity contribution is 5.90. The molecule has 1 atom stereocenters. The molecule has 1 aliphatic carbocycles. The van der Waals surface area contributed by atoms with Crippen molar-refractivity contribution in [3.8, 4) is 11.3 Å². The van der Waals surface area contributed by atoms with Gasteiger partial charge in [-0.1, -0.05) is 20.8 Å². The van der Waals surface area contributed by atoms with Crippen molar-refractivity contribution in [2.24, 2.45) is 5.41 Å². The molecule has 2 aromatic rings. The monoisotopic (exact) mass is 418 g/mol. The highest BCUT2D eigenvalue weighted by Gasteiger charge is 2.34. The third kappa shape index (κ3) is 4.10. The summed E-state index contributed by atoms with van der Waals surface area (Å²) in [5, 5.41) is 9.55. The minimum absolute atomic E-state index is 0.0239. The average molecular weight is 418 g/mol. The third-order valence-electron chi connectivity index (χ3n) is 5.13. The van der Waals surface area contributed by atoms with E-state index >= 15 is 0 Å². The van der Waals surface area contributed by atoms with Crippen LogP contribution in [0.3, 0.4) is 0 Å². The molecule has 1 unspecified atom stereocenters. The molecule has 0 fully saturated rings. The number of ketones is 1. The Morgan fingerprint density at radius 3 is 2.47 bits per heavy atom. The van der Waals surface area contributed by atoms with Gasteiger partial charge in [-0.2, -0.15) is 9.78 Å². The zero-order chi connectivity index (χ0) is 22.2. The summed E-state index contributed by atoms with van der Waals surface area (Å²) in [6.07, 6.45) is 0.592. The normalized spacial score (nSPS) is 14.8. The van der Waals surface area contributed by atoms with Crippen LogP contribution in [0.5, 0.6) is 0 Å². The number of rotatable bonds is 3. The van der Waals surface area contributed by atoms with E-state index in [-0.39, 0.29) is 35.8 Å². The zero-order valence-electron chi connectivity index (χ0n) is 17.3. The predicted octanol–water partition coefficient (Wildman–Crippen LogP) is 2.60. The first-order valence-corrected chi connectivity index (χ1v) is 9.63. The van der Waals surface area contributed by atoms with Gasteiger partial charge in [-0.25, -0.2) is 13.6 Å². The number of hydrogen-bond donors (Lipinski definition) is 2. The lowest BCUT2D eigenvalue weighted by Gasteiger charge is -2.29. The Morgan fingerprint density at radius 2 is 1.87 bits per heavy atom. The number of hydrogen-bond acceptors (Lipinski definition) is 4. The molecule has 7 nitrogen and oxygen atoms in total. The molecule has 1 aromatic carbocycles. The van der Waals surface area contributed by atoms with Crippen LogP contribution in [0, 0.1) is 17.0 Å². The summed E-state index contributed by atoms with van der Waals surface area (Å²) in [4.78, 5) is 37.3. The van der Waals surface area contributed by atoms with Crippen LogP contribution in [0.2, 0.25) is 0 Å². The van der Waals surface area contributed by atoms with Gasteiger partial charge in [0.05, 0.1) is 11.4 Å². The number of halogens is 2. The van der Waals surface area contributed by atoms with Crippen molar-refractivity contribution in [2.75, 3.05) is 7.05 Å². The lowest BCUT2D eigenvalue weighted by Crippen LogP contribution is -2.54. The summed E-state index contributed by atoms with van der Waals surface area (Å²) in [7, 11) is 1.48. The van der Waals surface area contributed by atoms with Crippen molar-refractivity contribution >= 4 is 17.7 Å². The lowest BCUT2D eigenvalue weighted by atomic mass is 9.86. The first-order chi connectivity index (χ1) is 14.0. The van der Waals surface area contributed by atoms with Crippen molar-refractivity contribution in [2.45, 2.75) is 46.1 Å². The second-order valence-electron chi connectivity index (χ2n) is 8.39. The van der Waals surface area contributed by atoms with E-state index in [1.165, 1.54) is 13.1 Å². The summed E-state index contributed by atoms with van der Waals surface area (Å²) >= 11 is 0. The maximum absolute atomic E-state index is 13.8. The molecular formula is C21H24F2N4O3. The number of aromatic nitrogens is 2. The number of nitrogens with zero attached hydrogens (tertiary/aromatic N) is 2. The number of Topliss-reactive ketones (excluding diaryl/α,β-unsaturated/α-hetero) is 1. The van der Waals surface area contributed by atoms with Crippen LogP contribution >= 0.6 is 0 Å². The molecule has 160 valence electrons. The molecule has 2 N–H and O–H groups in total. The second kappa shape index (κ2) is 7.97. The molecule has 0 saturated carbocycles. The Kier molecular flexibility index (Phi) is 5.74. The largest absolute Gasteiger partial charge is 0.357 e. The smallest absolute Gasteiger partial charge is 0.343 e. The van der Waals surface area contributed by atoms with E-state index in [1.54, 1.807) is 0 Å². The molecule has 9 heteroatoms. The molecular weight excluding hydrogens is 394 g/mol. The van der Waals surface area contributed by atoms with Crippen LogP contribution in [-0.2, 0) is 22.4 Å². The van der Waals surface area contributed by atoms with E-state index in [0.717, 1.165) is 16.8 Å². The molecule has 1 aliphatic rings. The molecule has 0 saturated heterocycles. The fraction of sp³-hybridized carbons (Fsp3) is 0.429. The predicted molar refractivity (Wildman–Crippen MR) is 106 cm³/mol. The summed E-state index contributed by atoms with van der Waals surface area (Å²) < 4.78 is 28.3. The molecule has 0 aliphatic heterocycles. The van der Waals surface area contributed by atoms with Gasteiger partial charge in [0.2, 0.25) is 5.91 Å². The van der Waals surface area contributed by atoms with Crippen LogP contribution in [0.4, 0.5) is 13.6 Å². The minimum Gasteiger partial charge on any atom is -0.357 e. The third-order valence-corrected chi connectivity index (χ3v) is 5.13. The van der Waals surface area contributed by atoms with Crippen molar-refractivity contribution in [3.63, 3.8) is 0 Å². The van der Waals surface area contributed by atoms with Crippen LogP contribution in [-0.4, -0.2) is 40.6 Å². The Hall–Kier alpha value is -3.10. The number of carbonyl (C=O) groups excluding carboxylic acids is 3. The quantitative estimate of drug-likeness (QED) is 0.801. The maximum Gasteiger partial charge on any atom is 0.343 e. The molecule has 0 spiro atoms. The first-order valence-electron chi connectivity index (χ1n) is 9.63. The van der Waals surface area contributed by atoms with Gasteiger partial charge in [0.15, 0.2) is 11.6 Å². The van der Waals surface area contributed by atoms with Crippen molar-refractivity contribution in [3.05, 3.63) is 41.1 Å². The minimum atomic E-state index is -1.05. The molecule has 2 amide bonds. The standard InChI is InChI=1S/C21H24F2N4O3/c1-21(2,3)18(19(29)24-4)25-20(30)27-16-8-6-12(28)10-13(16)17(26-27)11-5-7-14(22)15(23)9-11/h5,7,9,18H,6,8,10H2,1-4H3,(H,24,29)(H,25,30). The van der Waals surface area contributed by atoms with Gasteiger partial charge in [0.25, 0.3) is 0 Å². The molecule has 30 heavy (non-hydrogen) atoms. The Balaban J connectivity index is 2.05. The number of carbonyl (C=O) groups is 3. The molecule has 1 aromatic heterocycles. The highest BCUT2D eigenvalue weighted by Crippen LogP contribution is 2.31. The van der Waals surface area contributed by atoms with Gasteiger partial charge in [0, 0.05) is 31.0 Å². The van der Waals surface area contributed by atoms with E-state index in [4.69, 9.17) is 0 Å². The number of nitrogens with one attached hydrogen (secondary N) is 2. The lowest BCUT2D eigenvalue weighted by molar-refractivity contribution is -0.124. The Labute approximate surface area is 172 Å². The number of benzene rings is 1. The van der Waals surface area contributed by atoms with E-state index in [2.05, 4.69) is 15.7 Å². The maximum atomic E-state index is 13.8. The number of amides is 2. The van der Waals surface area contributed by atoms with E-state index in [9.17, 15) is 23.2 Å². The highest BCUT2D eigenvalue weighted by atomic mass is 19.2. The van der Waals surface area contributed by atoms with Crippen molar-refractivity contribution in [1.29, 1.82) is 0 Å². The molecule has 0 radical (unpaired) electrons. The van der Waals surface area contributed by atoms with Crippen molar-refractivity contribution in [1.82, 2.24) is 20.4 Å². The fourth-order valence-corrected chi connectivity index (χ4v) is 3.52. The molecule has 0 bridgehead atoms. The average Bonchev–Trinajstić information content (AvgIpc) is 3.05. The van der Waals surface area contributed by atoms with Gasteiger partial charge < -0.3 is 10.6 Å². The molecule has 3 rings (SSSR count). The first kappa shape index (κ1) is 21.6. The summed E-state index contributed by atoms with van der Waals surface area (Å²) in [5.41, 5.74) is 0.988. The topological polar surface area (TPSA) is 93.1 Å². The number of fused-ring (bicyclic) bond motifs is 1. The van der Waals surface area contributed by atoms with E-state index in [0.29, 0.717) is 17.7 Å². The van der Waals surface area contributed by atoms with Crippen LogP contribution in [0.15, 0.2) is 18.2 Å². The van der Waals surface area contributed by atoms with E-state index in [1.807, 2.05) is 20.8 Å². The van der Waals surface area contributed by atoms with E-state index < -0.39 is 29.1 Å². The van der Waals surface area contributed by atoms with Gasteiger partial charge >= 0.3 is 6.03 Å². The van der Waals surface area contributed by atoms with Gasteiger partial charge in [-0.3, -0.25) is 9.59 Å². The Bertz CT molecular complexity index is 1020. The van der Waals surface area contributed by atoms with Gasteiger partial charge in [-0.05, 0) is 30.0 Å². The van der Waals surface area contributed by atoms with Crippen LogP contribution < -0.4 is 10.6 Å². The van der Waals surface area contributed by atoms with Gasteiger partial charge in [0.1, 0.15) is 11.8 Å². The Morgan fingerprint density at radius 1 is 1.17 bits per heavy atom. The zero-order valence-corrected chi connectivity index (χ0v) is 17.3. The SMILES string of the molecule is CNC(=O)C(NC(=O)n1nc(-c2ccc(F)c(F)c2)c2c1CCC(=O)C2)C(C)(C)C.